The third-order valence-corrected chi connectivity index (χ3v) is 12.3. The molecule has 0 N–H and O–H groups in total. The van der Waals surface area contributed by atoms with E-state index < -0.39 is 10.0 Å². The number of amides is 1. The first-order valence-electron chi connectivity index (χ1n) is 16.3. The van der Waals surface area contributed by atoms with Crippen molar-refractivity contribution in [2.45, 2.75) is 56.4 Å². The molecule has 1 amide bonds. The van der Waals surface area contributed by atoms with E-state index >= 15 is 0 Å². The van der Waals surface area contributed by atoms with Crippen molar-refractivity contribution < 1.29 is 13.2 Å². The topological polar surface area (TPSA) is 78.2 Å². The number of hydrazone groups is 1. The van der Waals surface area contributed by atoms with Crippen LogP contribution in [0, 0.1) is 5.92 Å². The van der Waals surface area contributed by atoms with Crippen LogP contribution >= 0.6 is 11.3 Å². The average molecular weight is 644 g/mol. The van der Waals surface area contributed by atoms with Crippen molar-refractivity contribution in [1.29, 1.82) is 0 Å². The minimum atomic E-state index is -3.64. The van der Waals surface area contributed by atoms with E-state index in [1.807, 2.05) is 24.3 Å². The number of piperazine rings is 1. The predicted molar refractivity (Wildman–Crippen MR) is 180 cm³/mol. The molecule has 1 atom stereocenters. The number of carbonyl (C=O) groups excluding carboxylic acids is 1. The summed E-state index contributed by atoms with van der Waals surface area (Å²) in [5.74, 6) is 0.493. The van der Waals surface area contributed by atoms with Gasteiger partial charge in [-0.2, -0.15) is 5.10 Å². The van der Waals surface area contributed by atoms with Crippen molar-refractivity contribution in [1.82, 2.24) is 18.8 Å². The van der Waals surface area contributed by atoms with Crippen LogP contribution in [0.3, 0.4) is 0 Å². The lowest BCUT2D eigenvalue weighted by Gasteiger charge is -2.35. The Morgan fingerprint density at radius 2 is 1.62 bits per heavy atom. The van der Waals surface area contributed by atoms with Crippen molar-refractivity contribution in [3.05, 3.63) is 88.2 Å². The number of aryl methyl sites for hydroxylation is 1. The summed E-state index contributed by atoms with van der Waals surface area (Å²) < 4.78 is 28.0. The van der Waals surface area contributed by atoms with Crippen molar-refractivity contribution in [3.63, 3.8) is 0 Å². The van der Waals surface area contributed by atoms with E-state index in [4.69, 9.17) is 5.10 Å². The lowest BCUT2D eigenvalue weighted by Crippen LogP contribution is -2.46. The Labute approximate surface area is 270 Å². The van der Waals surface area contributed by atoms with Crippen LogP contribution in [0.2, 0.25) is 0 Å². The normalized spacial score (nSPS) is 19.5. The van der Waals surface area contributed by atoms with Crippen LogP contribution in [0.15, 0.2) is 82.2 Å². The minimum Gasteiger partial charge on any atom is -0.301 e. The summed E-state index contributed by atoms with van der Waals surface area (Å²) in [7, 11) is -3.64. The molecule has 45 heavy (non-hydrogen) atoms. The van der Waals surface area contributed by atoms with Gasteiger partial charge in [-0.3, -0.25) is 9.69 Å². The number of unbranched alkanes of at least 4 members (excludes halogenated alkanes) is 3. The molecule has 0 spiro atoms. The van der Waals surface area contributed by atoms with Gasteiger partial charge >= 0.3 is 0 Å². The Bertz CT molecular complexity index is 1790. The number of aromatic nitrogens is 1. The molecule has 1 fully saturated rings. The molecule has 8 nitrogen and oxygen atoms in total. The van der Waals surface area contributed by atoms with Gasteiger partial charge in [0.1, 0.15) is 0 Å². The summed E-state index contributed by atoms with van der Waals surface area (Å²) >= 11 is 1.77. The zero-order chi connectivity index (χ0) is 30.8. The molecule has 0 saturated carbocycles. The molecule has 7 rings (SSSR count). The van der Waals surface area contributed by atoms with Crippen LogP contribution in [-0.4, -0.2) is 78.1 Å². The molecule has 3 aliphatic rings. The molecular weight excluding hydrogens is 603 g/mol. The summed E-state index contributed by atoms with van der Waals surface area (Å²) in [4.78, 5) is 19.3. The number of carbonyl (C=O) groups is 1. The Morgan fingerprint density at radius 1 is 0.844 bits per heavy atom. The van der Waals surface area contributed by atoms with Gasteiger partial charge in [0, 0.05) is 63.2 Å². The van der Waals surface area contributed by atoms with E-state index in [-0.39, 0.29) is 5.91 Å². The second-order valence-corrected chi connectivity index (χ2v) is 15.3. The second-order valence-electron chi connectivity index (χ2n) is 12.5. The molecule has 1 saturated heterocycles. The third kappa shape index (κ3) is 6.38. The van der Waals surface area contributed by atoms with E-state index in [0.29, 0.717) is 17.2 Å². The van der Waals surface area contributed by atoms with Crippen LogP contribution in [0.4, 0.5) is 0 Å². The standard InChI is InChI=1S/C35H41N5O3S2/c41-33-25-28-14-13-27-16-24-44-35(27)34(28)36-39(33)18-7-2-1-6-17-37-20-22-38(23-21-37)26-29-9-8-12-32-31(29)15-19-40(32)45(42,43)30-10-4-3-5-11-30/h3-5,8-12,15-16,19,24,28H,1-2,6-7,13-14,17-18,20-23,25-26H2. The van der Waals surface area contributed by atoms with Gasteiger partial charge in [-0.05, 0) is 79.1 Å². The highest BCUT2D eigenvalue weighted by Crippen LogP contribution is 2.35. The SMILES string of the molecule is O=C1CC2CCc3ccsc3C2=NN1CCCCCCN1CCN(Cc2cccc3c2ccn3S(=O)(=O)c2ccccc2)CC1. The van der Waals surface area contributed by atoms with Gasteiger partial charge in [-0.25, -0.2) is 17.4 Å². The first-order valence-corrected chi connectivity index (χ1v) is 18.6. The summed E-state index contributed by atoms with van der Waals surface area (Å²) in [6.07, 6.45) is 8.86. The molecule has 0 radical (unpaired) electrons. The van der Waals surface area contributed by atoms with E-state index in [1.165, 1.54) is 27.3 Å². The molecule has 4 aromatic rings. The first kappa shape index (κ1) is 30.3. The van der Waals surface area contributed by atoms with Gasteiger partial charge in [0.15, 0.2) is 0 Å². The number of nitrogens with zero attached hydrogens (tertiary/aromatic N) is 5. The van der Waals surface area contributed by atoms with Crippen molar-refractivity contribution in [2.24, 2.45) is 11.0 Å². The van der Waals surface area contributed by atoms with Gasteiger partial charge in [0.2, 0.25) is 5.91 Å². The van der Waals surface area contributed by atoms with Crippen LogP contribution in [-0.2, 0) is 27.8 Å². The first-order chi connectivity index (χ1) is 22.0. The second kappa shape index (κ2) is 13.2. The van der Waals surface area contributed by atoms with Gasteiger partial charge in [0.05, 0.1) is 21.0 Å². The Kier molecular flexibility index (Phi) is 8.90. The molecule has 236 valence electrons. The monoisotopic (exact) mass is 643 g/mol. The smallest absolute Gasteiger partial charge is 0.268 e. The zero-order valence-electron chi connectivity index (χ0n) is 25.7. The van der Waals surface area contributed by atoms with Crippen LogP contribution < -0.4 is 0 Å². The molecule has 1 aliphatic carbocycles. The quantitative estimate of drug-likeness (QED) is 0.193. The summed E-state index contributed by atoms with van der Waals surface area (Å²) in [6, 6.07) is 18.7. The van der Waals surface area contributed by atoms with Crippen molar-refractivity contribution in [3.8, 4) is 0 Å². The predicted octanol–water partition coefficient (Wildman–Crippen LogP) is 5.82. The Hall–Kier alpha value is -3.31. The molecule has 4 heterocycles. The maximum atomic E-state index is 13.3. The molecular formula is C35H41N5O3S2. The van der Waals surface area contributed by atoms with Crippen molar-refractivity contribution in [2.75, 3.05) is 39.3 Å². The van der Waals surface area contributed by atoms with E-state index in [2.05, 4.69) is 27.3 Å². The lowest BCUT2D eigenvalue weighted by atomic mass is 9.84. The third-order valence-electron chi connectivity index (χ3n) is 9.61. The Balaban J connectivity index is 0.851. The highest BCUT2D eigenvalue weighted by atomic mass is 32.2. The average Bonchev–Trinajstić information content (AvgIpc) is 3.73. The number of hydrogen-bond donors (Lipinski definition) is 0. The fraction of sp³-hybridized carbons (Fsp3) is 0.429. The fourth-order valence-electron chi connectivity index (χ4n) is 7.03. The molecule has 10 heteroatoms. The van der Waals surface area contributed by atoms with E-state index in [0.717, 1.165) is 93.7 Å². The van der Waals surface area contributed by atoms with Crippen molar-refractivity contribution >= 4 is 43.9 Å². The lowest BCUT2D eigenvalue weighted by molar-refractivity contribution is -0.132. The van der Waals surface area contributed by atoms with E-state index in [9.17, 15) is 13.2 Å². The maximum absolute atomic E-state index is 13.3. The minimum absolute atomic E-state index is 0.188. The number of fused-ring (bicyclic) bond motifs is 4. The van der Waals surface area contributed by atoms with Crippen LogP contribution in [0.1, 0.15) is 54.5 Å². The van der Waals surface area contributed by atoms with Crippen LogP contribution in [0.5, 0.6) is 0 Å². The molecule has 2 aromatic heterocycles. The molecule has 0 bridgehead atoms. The summed E-state index contributed by atoms with van der Waals surface area (Å²) in [6.45, 7) is 6.75. The molecule has 1 unspecified atom stereocenters. The number of hydrogen-bond acceptors (Lipinski definition) is 7. The van der Waals surface area contributed by atoms with Crippen LogP contribution in [0.25, 0.3) is 10.9 Å². The molecule has 2 aliphatic heterocycles. The highest BCUT2D eigenvalue weighted by Gasteiger charge is 2.34. The molecule has 2 aromatic carbocycles. The number of rotatable bonds is 11. The van der Waals surface area contributed by atoms with Gasteiger partial charge in [0.25, 0.3) is 10.0 Å². The Morgan fingerprint density at radius 3 is 2.44 bits per heavy atom. The number of benzene rings is 2. The van der Waals surface area contributed by atoms with Gasteiger partial charge in [-0.15, -0.1) is 11.3 Å². The highest BCUT2D eigenvalue weighted by molar-refractivity contribution is 7.90. The fourth-order valence-corrected chi connectivity index (χ4v) is 9.42. The van der Waals surface area contributed by atoms with Gasteiger partial charge in [-0.1, -0.05) is 43.2 Å². The van der Waals surface area contributed by atoms with Gasteiger partial charge < -0.3 is 4.90 Å². The van der Waals surface area contributed by atoms with E-state index in [1.54, 1.807) is 46.8 Å². The maximum Gasteiger partial charge on any atom is 0.268 e. The summed E-state index contributed by atoms with van der Waals surface area (Å²) in [5, 5.41) is 9.73. The largest absolute Gasteiger partial charge is 0.301 e. The summed E-state index contributed by atoms with van der Waals surface area (Å²) in [5.41, 5.74) is 4.43. The zero-order valence-corrected chi connectivity index (χ0v) is 27.3. The number of thiophene rings is 1.